The maximum absolute atomic E-state index is 11.7. The molecule has 0 saturated carbocycles. The van der Waals surface area contributed by atoms with Gasteiger partial charge in [-0.25, -0.2) is 0 Å². The second-order valence-electron chi connectivity index (χ2n) is 4.50. The molecule has 1 aromatic carbocycles. The second-order valence-corrected chi connectivity index (χ2v) is 6.05. The van der Waals surface area contributed by atoms with Crippen LogP contribution in [0.3, 0.4) is 0 Å². The minimum Gasteiger partial charge on any atom is -0.366 e. The number of rotatable bonds is 11. The van der Waals surface area contributed by atoms with Gasteiger partial charge in [-0.1, -0.05) is 22.5 Å². The molecule has 0 aliphatic carbocycles. The van der Waals surface area contributed by atoms with Gasteiger partial charge in [0, 0.05) is 36.5 Å². The molecule has 1 amide bonds. The average molecular weight is 435 g/mol. The van der Waals surface area contributed by atoms with Crippen molar-refractivity contribution in [1.29, 1.82) is 0 Å². The fourth-order valence-corrected chi connectivity index (χ4v) is 2.75. The zero-order chi connectivity index (χ0) is 19.0. The van der Waals surface area contributed by atoms with Crippen LogP contribution in [0, 0.1) is 20.2 Å². The van der Waals surface area contributed by atoms with Crippen LogP contribution in [0.25, 0.3) is 0 Å². The van der Waals surface area contributed by atoms with Gasteiger partial charge in [0.1, 0.15) is 5.69 Å². The molecular formula is C13H15BrN4O6S. The molecule has 0 radical (unpaired) electrons. The van der Waals surface area contributed by atoms with Gasteiger partial charge in [0.25, 0.3) is 17.3 Å². The molecule has 10 nitrogen and oxygen atoms in total. The Kier molecular flexibility index (Phi) is 8.31. The molecule has 0 aromatic heterocycles. The van der Waals surface area contributed by atoms with Crippen molar-refractivity contribution in [3.05, 3.63) is 49.9 Å². The highest BCUT2D eigenvalue weighted by Gasteiger charge is 2.30. The van der Waals surface area contributed by atoms with Crippen LogP contribution >= 0.6 is 28.0 Å². The van der Waals surface area contributed by atoms with Gasteiger partial charge in [-0.05, 0) is 5.41 Å². The summed E-state index contributed by atoms with van der Waals surface area (Å²) in [5.74, 6) is -0.997. The average Bonchev–Trinajstić information content (AvgIpc) is 2.56. The van der Waals surface area contributed by atoms with E-state index in [-0.39, 0.29) is 24.4 Å². The van der Waals surface area contributed by atoms with E-state index in [0.717, 1.165) is 24.2 Å². The molecule has 0 aliphatic rings. The molecule has 0 heterocycles. The standard InChI is InChI=1S/C13H15BrN4O6S/c1-2-25-24-6-5-16(4-3-14)12-10(13(15)19)7-9(17(20)21)8-11(12)18(22)23/h2,7-8H,1,3-6H2,(H2,15,19). The van der Waals surface area contributed by atoms with E-state index < -0.39 is 27.1 Å². The van der Waals surface area contributed by atoms with Crippen molar-refractivity contribution in [2.24, 2.45) is 5.73 Å². The van der Waals surface area contributed by atoms with E-state index in [9.17, 15) is 25.0 Å². The molecule has 12 heteroatoms. The Hall–Kier alpha value is -2.18. The summed E-state index contributed by atoms with van der Waals surface area (Å²) in [7, 11) is 0. The minimum absolute atomic E-state index is 0.0743. The number of hydrogen-bond donors (Lipinski definition) is 1. The van der Waals surface area contributed by atoms with Crippen molar-refractivity contribution in [3.8, 4) is 0 Å². The SMILES string of the molecule is C=CSOCCN(CCBr)c1c(C(N)=O)cc([N+](=O)[O-])cc1[N+](=O)[O-]. The number of nitro groups is 2. The van der Waals surface area contributed by atoms with Crippen LogP contribution in [-0.2, 0) is 4.18 Å². The summed E-state index contributed by atoms with van der Waals surface area (Å²) >= 11 is 4.23. The van der Waals surface area contributed by atoms with E-state index in [0.29, 0.717) is 11.9 Å². The normalized spacial score (nSPS) is 10.3. The number of nitro benzene ring substituents is 2. The van der Waals surface area contributed by atoms with Crippen molar-refractivity contribution in [2.45, 2.75) is 0 Å². The number of nitrogens with two attached hydrogens (primary N) is 1. The van der Waals surface area contributed by atoms with Crippen LogP contribution < -0.4 is 10.6 Å². The topological polar surface area (TPSA) is 142 Å². The van der Waals surface area contributed by atoms with Gasteiger partial charge in [0.2, 0.25) is 0 Å². The molecule has 0 unspecified atom stereocenters. The van der Waals surface area contributed by atoms with Crippen LogP contribution in [0.15, 0.2) is 24.1 Å². The molecule has 2 N–H and O–H groups in total. The van der Waals surface area contributed by atoms with E-state index in [4.69, 9.17) is 9.92 Å². The minimum atomic E-state index is -0.997. The molecule has 0 bridgehead atoms. The number of nitrogens with zero attached hydrogens (tertiary/aromatic N) is 3. The maximum Gasteiger partial charge on any atom is 0.300 e. The van der Waals surface area contributed by atoms with Crippen molar-refractivity contribution in [1.82, 2.24) is 0 Å². The summed E-state index contributed by atoms with van der Waals surface area (Å²) in [5.41, 5.74) is 3.77. The van der Waals surface area contributed by atoms with E-state index >= 15 is 0 Å². The maximum atomic E-state index is 11.7. The molecule has 136 valence electrons. The third-order valence-electron chi connectivity index (χ3n) is 3.00. The zero-order valence-electron chi connectivity index (χ0n) is 12.9. The Bertz CT molecular complexity index is 651. The lowest BCUT2D eigenvalue weighted by molar-refractivity contribution is -0.393. The molecule has 0 aliphatic heterocycles. The van der Waals surface area contributed by atoms with E-state index in [1.165, 1.54) is 10.3 Å². The molecule has 1 rings (SSSR count). The fourth-order valence-electron chi connectivity index (χ4n) is 2.05. The highest BCUT2D eigenvalue weighted by Crippen LogP contribution is 2.36. The Balaban J connectivity index is 3.44. The van der Waals surface area contributed by atoms with E-state index in [1.54, 1.807) is 0 Å². The Morgan fingerprint density at radius 3 is 2.52 bits per heavy atom. The number of amides is 1. The summed E-state index contributed by atoms with van der Waals surface area (Å²) < 4.78 is 5.19. The summed E-state index contributed by atoms with van der Waals surface area (Å²) in [4.78, 5) is 34.0. The van der Waals surface area contributed by atoms with Gasteiger partial charge >= 0.3 is 0 Å². The van der Waals surface area contributed by atoms with Gasteiger partial charge in [-0.3, -0.25) is 25.0 Å². The smallest absolute Gasteiger partial charge is 0.300 e. The summed E-state index contributed by atoms with van der Waals surface area (Å²) in [6.45, 7) is 4.14. The van der Waals surface area contributed by atoms with Gasteiger partial charge in [0.05, 0.1) is 28.1 Å². The predicted octanol–water partition coefficient (Wildman–Crippen LogP) is 2.61. The second kappa shape index (κ2) is 9.96. The quantitative estimate of drug-likeness (QED) is 0.184. The highest BCUT2D eigenvalue weighted by molar-refractivity contribution is 9.09. The fraction of sp³-hybridized carbons (Fsp3) is 0.308. The first-order valence-electron chi connectivity index (χ1n) is 6.80. The first-order chi connectivity index (χ1) is 11.8. The molecular weight excluding hydrogens is 420 g/mol. The number of hydrogen-bond acceptors (Lipinski definition) is 8. The zero-order valence-corrected chi connectivity index (χ0v) is 15.3. The van der Waals surface area contributed by atoms with Crippen LogP contribution in [0.4, 0.5) is 17.1 Å². The van der Waals surface area contributed by atoms with Gasteiger partial charge in [-0.15, -0.1) is 0 Å². The number of benzene rings is 1. The first-order valence-corrected chi connectivity index (χ1v) is 8.72. The van der Waals surface area contributed by atoms with Crippen LogP contribution in [0.1, 0.15) is 10.4 Å². The number of anilines is 1. The summed E-state index contributed by atoms with van der Waals surface area (Å²) in [6.07, 6.45) is 0. The number of primary amides is 1. The first kappa shape index (κ1) is 20.9. The third kappa shape index (κ3) is 5.69. The van der Waals surface area contributed by atoms with E-state index in [2.05, 4.69) is 22.5 Å². The third-order valence-corrected chi connectivity index (χ3v) is 3.79. The Labute approximate surface area is 155 Å². The highest BCUT2D eigenvalue weighted by atomic mass is 79.9. The summed E-state index contributed by atoms with van der Waals surface area (Å²) in [6, 6.07) is 1.74. The van der Waals surface area contributed by atoms with Gasteiger partial charge < -0.3 is 14.8 Å². The number of carbonyl (C=O) groups is 1. The van der Waals surface area contributed by atoms with Crippen LogP contribution in [0.5, 0.6) is 0 Å². The van der Waals surface area contributed by atoms with Crippen molar-refractivity contribution in [3.63, 3.8) is 0 Å². The lowest BCUT2D eigenvalue weighted by Crippen LogP contribution is -2.32. The molecule has 0 spiro atoms. The summed E-state index contributed by atoms with van der Waals surface area (Å²) in [5, 5.41) is 24.3. The van der Waals surface area contributed by atoms with Crippen LogP contribution in [0.2, 0.25) is 0 Å². The number of halogens is 1. The molecule has 1 aromatic rings. The number of carbonyl (C=O) groups excluding carboxylic acids is 1. The largest absolute Gasteiger partial charge is 0.366 e. The molecule has 0 fully saturated rings. The molecule has 0 atom stereocenters. The lowest BCUT2D eigenvalue weighted by atomic mass is 10.1. The Morgan fingerprint density at radius 2 is 2.04 bits per heavy atom. The number of alkyl halides is 1. The van der Waals surface area contributed by atoms with Crippen molar-refractivity contribution < 1.29 is 18.8 Å². The van der Waals surface area contributed by atoms with Crippen molar-refractivity contribution in [2.75, 3.05) is 29.9 Å². The van der Waals surface area contributed by atoms with Crippen LogP contribution in [-0.4, -0.2) is 40.8 Å². The van der Waals surface area contributed by atoms with Gasteiger partial charge in [0.15, 0.2) is 0 Å². The van der Waals surface area contributed by atoms with Crippen molar-refractivity contribution >= 4 is 50.9 Å². The van der Waals surface area contributed by atoms with Gasteiger partial charge in [-0.2, -0.15) is 0 Å². The monoisotopic (exact) mass is 434 g/mol. The number of non-ortho nitro benzene ring substituents is 1. The lowest BCUT2D eigenvalue weighted by Gasteiger charge is -2.25. The molecule has 0 saturated heterocycles. The molecule has 25 heavy (non-hydrogen) atoms. The Morgan fingerprint density at radius 1 is 1.36 bits per heavy atom. The predicted molar refractivity (Wildman–Crippen MR) is 98.0 cm³/mol. The van der Waals surface area contributed by atoms with E-state index in [1.807, 2.05) is 0 Å².